The molecule has 0 saturated heterocycles. The molecule has 2 aromatic rings. The minimum atomic E-state index is -0.252. The molecule has 0 radical (unpaired) electrons. The van der Waals surface area contributed by atoms with Gasteiger partial charge in [0.1, 0.15) is 5.52 Å². The van der Waals surface area contributed by atoms with Crippen molar-refractivity contribution in [3.05, 3.63) is 22.2 Å². The van der Waals surface area contributed by atoms with Gasteiger partial charge >= 0.3 is 0 Å². The summed E-state index contributed by atoms with van der Waals surface area (Å²) in [6, 6.07) is 4.08. The number of aryl methyl sites for hydroxylation is 1. The molecular weight excluding hydrogens is 282 g/mol. The van der Waals surface area contributed by atoms with Gasteiger partial charge in [0, 0.05) is 11.6 Å². The largest absolute Gasteiger partial charge is 0.377 e. The van der Waals surface area contributed by atoms with Crippen LogP contribution in [0, 0.1) is 6.92 Å². The lowest BCUT2D eigenvalue weighted by Crippen LogP contribution is -2.29. The van der Waals surface area contributed by atoms with E-state index in [-0.39, 0.29) is 5.60 Å². The zero-order valence-corrected chi connectivity index (χ0v) is 12.1. The van der Waals surface area contributed by atoms with Gasteiger partial charge in [-0.15, -0.1) is 5.10 Å². The number of fused-ring (bicyclic) bond motifs is 1. The molecule has 2 rings (SSSR count). The summed E-state index contributed by atoms with van der Waals surface area (Å²) in [5.74, 6) is 0. The van der Waals surface area contributed by atoms with Crippen LogP contribution in [0.4, 0.5) is 0 Å². The van der Waals surface area contributed by atoms with E-state index in [0.29, 0.717) is 6.54 Å². The van der Waals surface area contributed by atoms with Gasteiger partial charge in [-0.05, 0) is 38.5 Å². The standard InChI is InChI=1S/C12H16BrN3O/c1-8-5-10-11(6-9(8)13)16(15-14-10)7-12(2,3)17-4/h5-6H,7H2,1-4H3. The van der Waals surface area contributed by atoms with E-state index in [1.807, 2.05) is 31.5 Å². The molecule has 0 bridgehead atoms. The number of methoxy groups -OCH3 is 1. The summed E-state index contributed by atoms with van der Waals surface area (Å²) in [6.07, 6.45) is 0. The molecule has 0 amide bonds. The molecule has 1 aromatic heterocycles. The van der Waals surface area contributed by atoms with Crippen molar-refractivity contribution in [3.8, 4) is 0 Å². The number of hydrogen-bond donors (Lipinski definition) is 0. The monoisotopic (exact) mass is 297 g/mol. The number of nitrogens with zero attached hydrogens (tertiary/aromatic N) is 3. The lowest BCUT2D eigenvalue weighted by atomic mass is 10.1. The van der Waals surface area contributed by atoms with Crippen LogP contribution in [0.25, 0.3) is 11.0 Å². The van der Waals surface area contributed by atoms with Crippen LogP contribution in [0.15, 0.2) is 16.6 Å². The van der Waals surface area contributed by atoms with Crippen LogP contribution in [-0.4, -0.2) is 27.7 Å². The predicted octanol–water partition coefficient (Wildman–Crippen LogP) is 2.93. The summed E-state index contributed by atoms with van der Waals surface area (Å²) >= 11 is 3.53. The molecule has 0 unspecified atom stereocenters. The van der Waals surface area contributed by atoms with Crippen molar-refractivity contribution in [3.63, 3.8) is 0 Å². The van der Waals surface area contributed by atoms with E-state index in [1.165, 1.54) is 0 Å². The maximum absolute atomic E-state index is 5.41. The van der Waals surface area contributed by atoms with Crippen molar-refractivity contribution >= 4 is 27.0 Å². The van der Waals surface area contributed by atoms with Gasteiger partial charge in [-0.2, -0.15) is 0 Å². The summed E-state index contributed by atoms with van der Waals surface area (Å²) in [5, 5.41) is 8.35. The summed E-state index contributed by atoms with van der Waals surface area (Å²) in [4.78, 5) is 0. The topological polar surface area (TPSA) is 39.9 Å². The molecule has 92 valence electrons. The van der Waals surface area contributed by atoms with Crippen LogP contribution in [0.5, 0.6) is 0 Å². The summed E-state index contributed by atoms with van der Waals surface area (Å²) in [5.41, 5.74) is 2.85. The van der Waals surface area contributed by atoms with Gasteiger partial charge in [0.05, 0.1) is 17.7 Å². The number of rotatable bonds is 3. The Morgan fingerprint density at radius 2 is 2.12 bits per heavy atom. The van der Waals surface area contributed by atoms with E-state index in [1.54, 1.807) is 7.11 Å². The maximum Gasteiger partial charge on any atom is 0.113 e. The fourth-order valence-corrected chi connectivity index (χ4v) is 1.97. The van der Waals surface area contributed by atoms with Gasteiger partial charge in [0.2, 0.25) is 0 Å². The van der Waals surface area contributed by atoms with E-state index in [0.717, 1.165) is 21.1 Å². The number of ether oxygens (including phenoxy) is 1. The number of benzene rings is 1. The van der Waals surface area contributed by atoms with Gasteiger partial charge < -0.3 is 4.74 Å². The van der Waals surface area contributed by atoms with Crippen LogP contribution in [-0.2, 0) is 11.3 Å². The number of aromatic nitrogens is 3. The summed E-state index contributed by atoms with van der Waals surface area (Å²) in [7, 11) is 1.71. The zero-order chi connectivity index (χ0) is 12.6. The Labute approximate surface area is 109 Å². The van der Waals surface area contributed by atoms with Crippen molar-refractivity contribution in [1.82, 2.24) is 15.0 Å². The Balaban J connectivity index is 2.46. The Morgan fingerprint density at radius 1 is 1.41 bits per heavy atom. The molecule has 0 saturated carbocycles. The highest BCUT2D eigenvalue weighted by atomic mass is 79.9. The average Bonchev–Trinajstić information content (AvgIpc) is 2.62. The lowest BCUT2D eigenvalue weighted by molar-refractivity contribution is 0.00601. The second-order valence-corrected chi connectivity index (χ2v) is 5.66. The second-order valence-electron chi connectivity index (χ2n) is 4.80. The minimum Gasteiger partial charge on any atom is -0.377 e. The van der Waals surface area contributed by atoms with Gasteiger partial charge in [0.25, 0.3) is 0 Å². The maximum atomic E-state index is 5.41. The molecule has 0 aliphatic heterocycles. The SMILES string of the molecule is COC(C)(C)Cn1nnc2cc(C)c(Br)cc21. The van der Waals surface area contributed by atoms with E-state index in [9.17, 15) is 0 Å². The van der Waals surface area contributed by atoms with Crippen molar-refractivity contribution < 1.29 is 4.74 Å². The van der Waals surface area contributed by atoms with Gasteiger partial charge in [-0.1, -0.05) is 21.1 Å². The van der Waals surface area contributed by atoms with Crippen LogP contribution < -0.4 is 0 Å². The number of halogens is 1. The van der Waals surface area contributed by atoms with Gasteiger partial charge in [-0.25, -0.2) is 4.68 Å². The van der Waals surface area contributed by atoms with Crippen molar-refractivity contribution in [2.75, 3.05) is 7.11 Å². The molecule has 0 atom stereocenters. The van der Waals surface area contributed by atoms with E-state index < -0.39 is 0 Å². The first-order valence-corrected chi connectivity index (χ1v) is 6.27. The Bertz CT molecular complexity index is 548. The Hall–Kier alpha value is -0.940. The van der Waals surface area contributed by atoms with Crippen LogP contribution >= 0.6 is 15.9 Å². The Kier molecular flexibility index (Phi) is 3.23. The van der Waals surface area contributed by atoms with E-state index in [4.69, 9.17) is 4.74 Å². The smallest absolute Gasteiger partial charge is 0.113 e. The fourth-order valence-electron chi connectivity index (χ4n) is 1.63. The Morgan fingerprint density at radius 3 is 2.76 bits per heavy atom. The first kappa shape index (κ1) is 12.5. The minimum absolute atomic E-state index is 0.252. The third-order valence-electron chi connectivity index (χ3n) is 2.88. The third kappa shape index (κ3) is 2.50. The molecule has 4 nitrogen and oxygen atoms in total. The lowest BCUT2D eigenvalue weighted by Gasteiger charge is -2.22. The molecule has 17 heavy (non-hydrogen) atoms. The first-order chi connectivity index (χ1) is 7.93. The van der Waals surface area contributed by atoms with Crippen molar-refractivity contribution in [2.45, 2.75) is 32.9 Å². The van der Waals surface area contributed by atoms with Gasteiger partial charge in [0.15, 0.2) is 0 Å². The molecule has 0 aliphatic rings. The molecule has 0 fully saturated rings. The quantitative estimate of drug-likeness (QED) is 0.874. The summed E-state index contributed by atoms with van der Waals surface area (Å²) in [6.45, 7) is 6.78. The van der Waals surface area contributed by atoms with Crippen LogP contribution in [0.1, 0.15) is 19.4 Å². The number of hydrogen-bond acceptors (Lipinski definition) is 3. The predicted molar refractivity (Wildman–Crippen MR) is 71.1 cm³/mol. The molecular formula is C12H16BrN3O. The second kappa shape index (κ2) is 4.38. The first-order valence-electron chi connectivity index (χ1n) is 5.47. The summed E-state index contributed by atoms with van der Waals surface area (Å²) < 4.78 is 8.36. The van der Waals surface area contributed by atoms with E-state index >= 15 is 0 Å². The highest BCUT2D eigenvalue weighted by molar-refractivity contribution is 9.10. The van der Waals surface area contributed by atoms with Crippen molar-refractivity contribution in [2.24, 2.45) is 0 Å². The van der Waals surface area contributed by atoms with Crippen molar-refractivity contribution in [1.29, 1.82) is 0 Å². The van der Waals surface area contributed by atoms with Crippen LogP contribution in [0.2, 0.25) is 0 Å². The fraction of sp³-hybridized carbons (Fsp3) is 0.500. The molecule has 0 N–H and O–H groups in total. The molecule has 1 heterocycles. The highest BCUT2D eigenvalue weighted by Gasteiger charge is 2.19. The zero-order valence-electron chi connectivity index (χ0n) is 10.5. The van der Waals surface area contributed by atoms with E-state index in [2.05, 4.69) is 32.3 Å². The molecule has 5 heteroatoms. The highest BCUT2D eigenvalue weighted by Crippen LogP contribution is 2.23. The average molecular weight is 298 g/mol. The molecule has 1 aromatic carbocycles. The molecule has 0 spiro atoms. The molecule has 0 aliphatic carbocycles. The third-order valence-corrected chi connectivity index (χ3v) is 3.73. The van der Waals surface area contributed by atoms with Crippen LogP contribution in [0.3, 0.4) is 0 Å². The van der Waals surface area contributed by atoms with Gasteiger partial charge in [-0.3, -0.25) is 0 Å². The normalized spacial score (nSPS) is 12.3.